The summed E-state index contributed by atoms with van der Waals surface area (Å²) >= 11 is 6.16. The standard InChI is InChI=1S/C29H33ClN4O5/c1-19(2)24-16-26(39-33-24)29(37)34-13-7-6-12-31-28(36)23-15-21(30)10-11-25(23)38-18-22(32-27(35)17-34)14-20-8-4-3-5-9-20/h3-5,8-11,15-16,19,22H,6-7,12-14,17-18H2,1-2H3,(H,31,36)(H,32,35)/t22-/m0/s1. The number of ether oxygens (including phenoxy) is 1. The highest BCUT2D eigenvalue weighted by Crippen LogP contribution is 2.24. The minimum absolute atomic E-state index is 0.0919. The summed E-state index contributed by atoms with van der Waals surface area (Å²) in [5, 5.41) is 10.3. The van der Waals surface area contributed by atoms with E-state index in [1.54, 1.807) is 24.3 Å². The van der Waals surface area contributed by atoms with Crippen LogP contribution in [0.2, 0.25) is 5.02 Å². The number of halogens is 1. The first-order valence-corrected chi connectivity index (χ1v) is 13.5. The number of benzene rings is 2. The zero-order chi connectivity index (χ0) is 27.8. The predicted octanol–water partition coefficient (Wildman–Crippen LogP) is 4.22. The first kappa shape index (κ1) is 28.2. The van der Waals surface area contributed by atoms with E-state index in [1.165, 1.54) is 4.90 Å². The molecule has 39 heavy (non-hydrogen) atoms. The van der Waals surface area contributed by atoms with E-state index in [0.29, 0.717) is 54.4 Å². The maximum atomic E-state index is 13.3. The van der Waals surface area contributed by atoms with Crippen molar-refractivity contribution >= 4 is 29.3 Å². The molecule has 1 aliphatic rings. The van der Waals surface area contributed by atoms with Gasteiger partial charge in [-0.3, -0.25) is 14.4 Å². The quantitative estimate of drug-likeness (QED) is 0.501. The van der Waals surface area contributed by atoms with Gasteiger partial charge in [0.2, 0.25) is 11.7 Å². The van der Waals surface area contributed by atoms with Crippen LogP contribution in [-0.2, 0) is 11.2 Å². The molecule has 4 rings (SSSR count). The van der Waals surface area contributed by atoms with Gasteiger partial charge in [-0.15, -0.1) is 0 Å². The fourth-order valence-corrected chi connectivity index (χ4v) is 4.46. The van der Waals surface area contributed by atoms with Crippen LogP contribution in [0.1, 0.15) is 64.8 Å². The van der Waals surface area contributed by atoms with Gasteiger partial charge in [-0.05, 0) is 48.9 Å². The Kier molecular flexibility index (Phi) is 9.59. The number of hydrogen-bond donors (Lipinski definition) is 2. The molecule has 0 radical (unpaired) electrons. The van der Waals surface area contributed by atoms with Crippen molar-refractivity contribution < 1.29 is 23.6 Å². The number of nitrogens with one attached hydrogen (secondary N) is 2. The first-order valence-electron chi connectivity index (χ1n) is 13.1. The van der Waals surface area contributed by atoms with Crippen molar-refractivity contribution in [2.75, 3.05) is 26.2 Å². The predicted molar refractivity (Wildman–Crippen MR) is 147 cm³/mol. The number of carbonyl (C=O) groups is 3. The van der Waals surface area contributed by atoms with Crippen molar-refractivity contribution in [1.29, 1.82) is 0 Å². The number of fused-ring (bicyclic) bond motifs is 1. The summed E-state index contributed by atoms with van der Waals surface area (Å²) in [4.78, 5) is 40.9. The van der Waals surface area contributed by atoms with Gasteiger partial charge in [0.1, 0.15) is 12.4 Å². The number of rotatable bonds is 4. The second-order valence-corrected chi connectivity index (χ2v) is 10.3. The third-order valence-corrected chi connectivity index (χ3v) is 6.64. The van der Waals surface area contributed by atoms with E-state index in [0.717, 1.165) is 5.56 Å². The second-order valence-electron chi connectivity index (χ2n) is 9.87. The fraction of sp³-hybridized carbons (Fsp3) is 0.379. The van der Waals surface area contributed by atoms with Crippen LogP contribution in [0.25, 0.3) is 0 Å². The van der Waals surface area contributed by atoms with E-state index in [4.69, 9.17) is 20.9 Å². The highest BCUT2D eigenvalue weighted by atomic mass is 35.5. The smallest absolute Gasteiger partial charge is 0.292 e. The number of hydrogen-bond acceptors (Lipinski definition) is 6. The lowest BCUT2D eigenvalue weighted by Gasteiger charge is -2.24. The zero-order valence-corrected chi connectivity index (χ0v) is 22.9. The largest absolute Gasteiger partial charge is 0.491 e. The topological polar surface area (TPSA) is 114 Å². The SMILES string of the molecule is CC(C)c1cc(C(=O)N2CCCCNC(=O)c3cc(Cl)ccc3OC[C@H](Cc3ccccc3)NC(=O)C2)on1. The lowest BCUT2D eigenvalue weighted by Crippen LogP contribution is -2.47. The zero-order valence-electron chi connectivity index (χ0n) is 22.1. The van der Waals surface area contributed by atoms with Crippen LogP contribution in [-0.4, -0.2) is 60.1 Å². The van der Waals surface area contributed by atoms with Crippen molar-refractivity contribution in [2.45, 2.75) is 45.1 Å². The van der Waals surface area contributed by atoms with Gasteiger partial charge < -0.3 is 24.8 Å². The van der Waals surface area contributed by atoms with Crippen LogP contribution >= 0.6 is 11.6 Å². The van der Waals surface area contributed by atoms with E-state index in [1.807, 2.05) is 44.2 Å². The van der Waals surface area contributed by atoms with E-state index >= 15 is 0 Å². The minimum atomic E-state index is -0.425. The molecule has 0 aliphatic carbocycles. The van der Waals surface area contributed by atoms with Gasteiger partial charge >= 0.3 is 0 Å². The molecule has 3 aromatic rings. The molecule has 2 aromatic carbocycles. The molecule has 0 saturated carbocycles. The number of amides is 3. The Bertz CT molecular complexity index is 1290. The second kappa shape index (κ2) is 13.3. The van der Waals surface area contributed by atoms with Crippen molar-refractivity contribution in [3.05, 3.63) is 82.2 Å². The summed E-state index contributed by atoms with van der Waals surface area (Å²) in [7, 11) is 0. The summed E-state index contributed by atoms with van der Waals surface area (Å²) in [6, 6.07) is 15.8. The molecule has 2 N–H and O–H groups in total. The van der Waals surface area contributed by atoms with Crippen LogP contribution in [0, 0.1) is 0 Å². The van der Waals surface area contributed by atoms with Gasteiger partial charge in [-0.2, -0.15) is 0 Å². The van der Waals surface area contributed by atoms with Crippen LogP contribution < -0.4 is 15.4 Å². The monoisotopic (exact) mass is 552 g/mol. The summed E-state index contributed by atoms with van der Waals surface area (Å²) in [5.41, 5.74) is 2.00. The summed E-state index contributed by atoms with van der Waals surface area (Å²) < 4.78 is 11.4. The molecular weight excluding hydrogens is 520 g/mol. The summed E-state index contributed by atoms with van der Waals surface area (Å²) in [5.74, 6) is -0.464. The molecule has 10 heteroatoms. The molecule has 206 valence electrons. The van der Waals surface area contributed by atoms with Crippen molar-refractivity contribution in [3.8, 4) is 5.75 Å². The van der Waals surface area contributed by atoms with Crippen molar-refractivity contribution in [2.24, 2.45) is 0 Å². The van der Waals surface area contributed by atoms with Gasteiger partial charge in [0.05, 0.1) is 23.8 Å². The third kappa shape index (κ3) is 7.83. The number of nitrogens with zero attached hydrogens (tertiary/aromatic N) is 2. The Hall–Kier alpha value is -3.85. The van der Waals surface area contributed by atoms with Crippen LogP contribution in [0.5, 0.6) is 5.75 Å². The molecule has 2 heterocycles. The van der Waals surface area contributed by atoms with Gasteiger partial charge in [-0.25, -0.2) is 0 Å². The maximum Gasteiger partial charge on any atom is 0.292 e. The molecule has 1 aromatic heterocycles. The molecule has 0 bridgehead atoms. The maximum absolute atomic E-state index is 13.3. The molecular formula is C29H33ClN4O5. The van der Waals surface area contributed by atoms with Gasteiger partial charge in [0.15, 0.2) is 0 Å². The van der Waals surface area contributed by atoms with Gasteiger partial charge in [0.25, 0.3) is 11.8 Å². The first-order chi connectivity index (χ1) is 18.8. The third-order valence-electron chi connectivity index (χ3n) is 6.41. The van der Waals surface area contributed by atoms with E-state index in [9.17, 15) is 14.4 Å². The molecule has 9 nitrogen and oxygen atoms in total. The Morgan fingerprint density at radius 3 is 2.67 bits per heavy atom. The summed E-state index contributed by atoms with van der Waals surface area (Å²) in [6.45, 7) is 4.56. The molecule has 0 spiro atoms. The van der Waals surface area contributed by atoms with E-state index < -0.39 is 11.9 Å². The molecule has 0 saturated heterocycles. The minimum Gasteiger partial charge on any atom is -0.491 e. The number of aromatic nitrogens is 1. The normalized spacial score (nSPS) is 17.3. The lowest BCUT2D eigenvalue weighted by molar-refractivity contribution is -0.122. The van der Waals surface area contributed by atoms with E-state index in [-0.39, 0.29) is 36.6 Å². The fourth-order valence-electron chi connectivity index (χ4n) is 4.29. The van der Waals surface area contributed by atoms with Crippen molar-refractivity contribution in [3.63, 3.8) is 0 Å². The van der Waals surface area contributed by atoms with Crippen LogP contribution in [0.15, 0.2) is 59.1 Å². The lowest BCUT2D eigenvalue weighted by atomic mass is 10.1. The summed E-state index contributed by atoms with van der Waals surface area (Å²) in [6.07, 6.45) is 1.66. The molecule has 3 amide bonds. The molecule has 0 unspecified atom stereocenters. The van der Waals surface area contributed by atoms with Crippen molar-refractivity contribution in [1.82, 2.24) is 20.7 Å². The number of carbonyl (C=O) groups excluding carboxylic acids is 3. The highest BCUT2D eigenvalue weighted by molar-refractivity contribution is 6.31. The Balaban J connectivity index is 1.57. The molecule has 1 atom stereocenters. The van der Waals surface area contributed by atoms with Crippen LogP contribution in [0.4, 0.5) is 0 Å². The molecule has 1 aliphatic heterocycles. The van der Waals surface area contributed by atoms with Gasteiger partial charge in [-0.1, -0.05) is 60.9 Å². The Labute approximate surface area is 232 Å². The molecule has 0 fully saturated rings. The Morgan fingerprint density at radius 1 is 1.13 bits per heavy atom. The average molecular weight is 553 g/mol. The average Bonchev–Trinajstić information content (AvgIpc) is 3.42. The van der Waals surface area contributed by atoms with E-state index in [2.05, 4.69) is 15.8 Å². The van der Waals surface area contributed by atoms with Gasteiger partial charge in [0, 0.05) is 24.2 Å². The highest BCUT2D eigenvalue weighted by Gasteiger charge is 2.25. The Morgan fingerprint density at radius 2 is 1.92 bits per heavy atom. The van der Waals surface area contributed by atoms with Crippen LogP contribution in [0.3, 0.4) is 0 Å².